The van der Waals surface area contributed by atoms with Crippen LogP contribution in [0.25, 0.3) is 88.2 Å². The molecule has 0 saturated heterocycles. The summed E-state index contributed by atoms with van der Waals surface area (Å²) in [7, 11) is 0. The molecule has 0 aliphatic heterocycles. The van der Waals surface area contributed by atoms with Gasteiger partial charge >= 0.3 is 0 Å². The van der Waals surface area contributed by atoms with Gasteiger partial charge in [0.2, 0.25) is 0 Å². The molecule has 3 heterocycles. The zero-order chi connectivity index (χ0) is 43.4. The predicted octanol–water partition coefficient (Wildman–Crippen LogP) is 15.3. The Balaban J connectivity index is 1.07. The summed E-state index contributed by atoms with van der Waals surface area (Å²) in [5.41, 5.74) is 15.2. The molecule has 0 aliphatic rings. The number of para-hydroxylation sites is 4. The molecule has 0 unspecified atom stereocenters. The molecule has 0 N–H and O–H groups in total. The van der Waals surface area contributed by atoms with Crippen LogP contribution in [0.15, 0.2) is 234 Å². The maximum absolute atomic E-state index is 5.31. The van der Waals surface area contributed by atoms with Gasteiger partial charge in [-0.05, 0) is 86.1 Å². The fourth-order valence-electron chi connectivity index (χ4n) is 9.87. The molecular formula is C60H43N5. The number of aliphatic imine (C=N–C) groups is 2. The Hall–Kier alpha value is -8.54. The van der Waals surface area contributed by atoms with E-state index in [9.17, 15) is 0 Å². The number of rotatable bonds is 7. The van der Waals surface area contributed by atoms with Crippen LogP contribution in [0.5, 0.6) is 0 Å². The number of benzene rings is 9. The second-order valence-corrected chi connectivity index (χ2v) is 16.5. The number of hydrogen-bond donors (Lipinski definition) is 0. The molecule has 0 bridgehead atoms. The summed E-state index contributed by atoms with van der Waals surface area (Å²) in [5.74, 6) is 0.666. The lowest BCUT2D eigenvalue weighted by molar-refractivity contribution is 1.16. The highest BCUT2D eigenvalue weighted by atomic mass is 15.0. The molecule has 12 aromatic rings. The Morgan fingerprint density at radius 3 is 1.58 bits per heavy atom. The normalized spacial score (nSPS) is 12.7. The topological polar surface area (TPSA) is 39.5 Å². The molecule has 0 radical (unpaired) electrons. The highest BCUT2D eigenvalue weighted by molar-refractivity contribution is 6.26. The lowest BCUT2D eigenvalue weighted by atomic mass is 10.1. The first-order valence-electron chi connectivity index (χ1n) is 22.2. The fraction of sp³-hybridized carbons (Fsp3) is 0.0333. The second-order valence-electron chi connectivity index (χ2n) is 16.5. The number of aromatic nitrogens is 3. The molecule has 3 aromatic heterocycles. The number of amidine groups is 1. The number of fused-ring (bicyclic) bond motifs is 10. The third kappa shape index (κ3) is 6.31. The average Bonchev–Trinajstić information content (AvgIpc) is 4.01. The van der Waals surface area contributed by atoms with Crippen LogP contribution in [0.3, 0.4) is 0 Å². The van der Waals surface area contributed by atoms with Gasteiger partial charge in [-0.1, -0.05) is 158 Å². The predicted molar refractivity (Wildman–Crippen MR) is 275 cm³/mol. The molecule has 65 heavy (non-hydrogen) atoms. The Bertz CT molecular complexity index is 3880. The van der Waals surface area contributed by atoms with Crippen LogP contribution in [0.4, 0.5) is 0 Å². The molecule has 0 aliphatic carbocycles. The van der Waals surface area contributed by atoms with E-state index in [1.54, 1.807) is 0 Å². The fourth-order valence-corrected chi connectivity index (χ4v) is 9.87. The molecule has 5 heteroatoms. The van der Waals surface area contributed by atoms with Crippen molar-refractivity contribution in [3.8, 4) is 17.1 Å². The Kier molecular flexibility index (Phi) is 9.20. The van der Waals surface area contributed by atoms with E-state index in [4.69, 9.17) is 9.98 Å². The van der Waals surface area contributed by atoms with Gasteiger partial charge in [0.25, 0.3) is 0 Å². The van der Waals surface area contributed by atoms with Crippen molar-refractivity contribution in [3.63, 3.8) is 0 Å². The van der Waals surface area contributed by atoms with E-state index in [1.165, 1.54) is 48.9 Å². The number of allylic oxidation sites excluding steroid dienone is 1. The van der Waals surface area contributed by atoms with Crippen molar-refractivity contribution in [3.05, 3.63) is 241 Å². The van der Waals surface area contributed by atoms with Gasteiger partial charge < -0.3 is 13.7 Å². The molecule has 5 nitrogen and oxygen atoms in total. The van der Waals surface area contributed by atoms with Crippen molar-refractivity contribution in [1.82, 2.24) is 13.7 Å². The molecule has 12 rings (SSSR count). The lowest BCUT2D eigenvalue weighted by Gasteiger charge is -2.13. The molecule has 0 atom stereocenters. The first-order valence-corrected chi connectivity index (χ1v) is 22.2. The second kappa shape index (κ2) is 15.7. The first kappa shape index (κ1) is 38.2. The summed E-state index contributed by atoms with van der Waals surface area (Å²) in [6, 6.07) is 78.0. The van der Waals surface area contributed by atoms with Gasteiger partial charge in [0.05, 0.1) is 38.8 Å². The van der Waals surface area contributed by atoms with Crippen LogP contribution in [0, 0.1) is 0 Å². The minimum atomic E-state index is 0.666. The summed E-state index contributed by atoms with van der Waals surface area (Å²) in [6.45, 7) is 4.10. The quantitative estimate of drug-likeness (QED) is 0.113. The van der Waals surface area contributed by atoms with Crippen LogP contribution in [-0.4, -0.2) is 25.2 Å². The maximum Gasteiger partial charge on any atom is 0.160 e. The van der Waals surface area contributed by atoms with Crippen LogP contribution in [-0.2, 0) is 0 Å². The van der Waals surface area contributed by atoms with Gasteiger partial charge in [-0.25, -0.2) is 9.98 Å². The third-order valence-corrected chi connectivity index (χ3v) is 12.8. The van der Waals surface area contributed by atoms with Crippen LogP contribution in [0.1, 0.15) is 30.5 Å². The molecular weight excluding hydrogens is 791 g/mol. The third-order valence-electron chi connectivity index (χ3n) is 12.8. The smallest absolute Gasteiger partial charge is 0.160 e. The van der Waals surface area contributed by atoms with Crippen molar-refractivity contribution >= 4 is 82.7 Å². The Labute approximate surface area is 376 Å². The Morgan fingerprint density at radius 1 is 0.369 bits per heavy atom. The van der Waals surface area contributed by atoms with Gasteiger partial charge in [0, 0.05) is 66.2 Å². The monoisotopic (exact) mass is 833 g/mol. The Morgan fingerprint density at radius 2 is 0.877 bits per heavy atom. The molecule has 308 valence electrons. The average molecular weight is 834 g/mol. The van der Waals surface area contributed by atoms with Gasteiger partial charge in [0.15, 0.2) is 5.84 Å². The van der Waals surface area contributed by atoms with Crippen molar-refractivity contribution in [1.29, 1.82) is 0 Å². The summed E-state index contributed by atoms with van der Waals surface area (Å²) < 4.78 is 7.28. The molecule has 9 aromatic carbocycles. The lowest BCUT2D eigenvalue weighted by Crippen LogP contribution is -2.04. The van der Waals surface area contributed by atoms with Crippen molar-refractivity contribution in [2.75, 3.05) is 0 Å². The van der Waals surface area contributed by atoms with E-state index in [-0.39, 0.29) is 0 Å². The van der Waals surface area contributed by atoms with Crippen molar-refractivity contribution < 1.29 is 0 Å². The van der Waals surface area contributed by atoms with E-state index < -0.39 is 0 Å². The highest BCUT2D eigenvalue weighted by Gasteiger charge is 2.22. The van der Waals surface area contributed by atoms with E-state index >= 15 is 0 Å². The van der Waals surface area contributed by atoms with Gasteiger partial charge in [-0.15, -0.1) is 0 Å². The van der Waals surface area contributed by atoms with Gasteiger partial charge in [0.1, 0.15) is 0 Å². The van der Waals surface area contributed by atoms with E-state index in [1.807, 2.05) is 43.3 Å². The van der Waals surface area contributed by atoms with Crippen molar-refractivity contribution in [2.45, 2.75) is 13.8 Å². The largest absolute Gasteiger partial charge is 0.309 e. The minimum Gasteiger partial charge on any atom is -0.309 e. The van der Waals surface area contributed by atoms with E-state index in [0.717, 1.165) is 61.7 Å². The van der Waals surface area contributed by atoms with Crippen molar-refractivity contribution in [2.24, 2.45) is 9.98 Å². The number of nitrogens with zero attached hydrogens (tertiary/aromatic N) is 5. The minimum absolute atomic E-state index is 0.666. The molecule has 0 fully saturated rings. The molecule has 0 spiro atoms. The summed E-state index contributed by atoms with van der Waals surface area (Å²) in [4.78, 5) is 10.4. The zero-order valence-electron chi connectivity index (χ0n) is 36.1. The van der Waals surface area contributed by atoms with Crippen LogP contribution < -0.4 is 0 Å². The first-order chi connectivity index (χ1) is 32.1. The maximum atomic E-state index is 5.31. The van der Waals surface area contributed by atoms with Gasteiger partial charge in [-0.3, -0.25) is 0 Å². The molecule has 0 amide bonds. The summed E-state index contributed by atoms with van der Waals surface area (Å²) >= 11 is 0. The van der Waals surface area contributed by atoms with E-state index in [2.05, 4.69) is 209 Å². The molecule has 0 saturated carbocycles. The van der Waals surface area contributed by atoms with Crippen LogP contribution >= 0.6 is 0 Å². The SMILES string of the molecule is C/C=C(/N=C(N=C(C)c1ccccc1)c1ccccc1)c1cccc(-n2c3ccccc3c3ccc4c(c5ccccc5n4-c4ccc5c(c4)c4ccccc4n5-c4ccccc4)c32)c1. The highest BCUT2D eigenvalue weighted by Crippen LogP contribution is 2.43. The standard InChI is InChI=1S/C60H43N5/c1-3-52(62-60(42-22-9-5-10-23-42)61-40(2)41-20-7-4-8-21-41)43-24-19-27-45(38-43)65-54-32-17-13-28-47(54)49-35-37-57-58(59(49)65)50-30-15-18-33-55(50)64(57)46-34-36-56-51(39-46)48-29-14-16-31-53(48)63(56)44-25-11-6-12-26-44/h3-39H,1-2H3/b52-3+,61-40?,62-60?. The van der Waals surface area contributed by atoms with E-state index in [0.29, 0.717) is 5.84 Å². The summed E-state index contributed by atoms with van der Waals surface area (Å²) in [6.07, 6.45) is 2.08. The summed E-state index contributed by atoms with van der Waals surface area (Å²) in [5, 5.41) is 7.30. The zero-order valence-corrected chi connectivity index (χ0v) is 36.1. The van der Waals surface area contributed by atoms with Crippen LogP contribution in [0.2, 0.25) is 0 Å². The number of hydrogen-bond acceptors (Lipinski definition) is 1. The van der Waals surface area contributed by atoms with Gasteiger partial charge in [-0.2, -0.15) is 0 Å².